The molecule has 0 bridgehead atoms. The fraction of sp³-hybridized carbons (Fsp3) is 0.440. The number of carbonyl (C=O) groups excluding carboxylic acids is 2. The quantitative estimate of drug-likeness (QED) is 0.446. The smallest absolute Gasteiger partial charge is 0.242 e. The zero-order valence-electron chi connectivity index (χ0n) is 20.0. The van der Waals surface area contributed by atoms with Gasteiger partial charge in [-0.3, -0.25) is 13.9 Å². The van der Waals surface area contributed by atoms with E-state index < -0.39 is 16.1 Å². The van der Waals surface area contributed by atoms with Crippen LogP contribution in [0.3, 0.4) is 0 Å². The van der Waals surface area contributed by atoms with E-state index in [1.54, 1.807) is 36.1 Å². The van der Waals surface area contributed by atoms with Crippen molar-refractivity contribution < 1.29 is 18.0 Å². The molecule has 1 N–H and O–H groups in total. The van der Waals surface area contributed by atoms with Gasteiger partial charge in [-0.1, -0.05) is 54.9 Å². The summed E-state index contributed by atoms with van der Waals surface area (Å²) < 4.78 is 25.9. The number of benzene rings is 2. The van der Waals surface area contributed by atoms with E-state index in [9.17, 15) is 18.0 Å². The molecule has 0 spiro atoms. The number of nitrogens with zero attached hydrogens (tertiary/aromatic N) is 2. The number of anilines is 1. The molecule has 0 heterocycles. The highest BCUT2D eigenvalue weighted by Gasteiger charge is 2.26. The van der Waals surface area contributed by atoms with Crippen LogP contribution in [0, 0.1) is 0 Å². The first-order chi connectivity index (χ1) is 16.1. The van der Waals surface area contributed by atoms with E-state index in [1.165, 1.54) is 4.31 Å². The lowest BCUT2D eigenvalue weighted by atomic mass is 10.1. The number of carbonyl (C=O) groups is 2. The van der Waals surface area contributed by atoms with E-state index in [4.69, 9.17) is 11.6 Å². The van der Waals surface area contributed by atoms with Gasteiger partial charge in [0, 0.05) is 31.1 Å². The molecular weight excluding hydrogens is 474 g/mol. The Morgan fingerprint density at radius 1 is 1.06 bits per heavy atom. The molecule has 0 unspecified atom stereocenters. The lowest BCUT2D eigenvalue weighted by Crippen LogP contribution is -2.49. The van der Waals surface area contributed by atoms with Crippen molar-refractivity contribution >= 4 is 39.1 Å². The minimum atomic E-state index is -3.55. The molecule has 2 amide bonds. The topological polar surface area (TPSA) is 86.8 Å². The maximum Gasteiger partial charge on any atom is 0.242 e. The maximum absolute atomic E-state index is 13.2. The minimum absolute atomic E-state index is 0.118. The predicted molar refractivity (Wildman–Crippen MR) is 137 cm³/mol. The molecule has 186 valence electrons. The SMILES string of the molecule is CCCNC(=O)[C@H](C)N(CCc1ccccc1)C(=O)CCCN(c1cccc(Cl)c1)S(C)(=O)=O. The van der Waals surface area contributed by atoms with Gasteiger partial charge in [0.25, 0.3) is 0 Å². The second-order valence-corrected chi connectivity index (χ2v) is 10.6. The van der Waals surface area contributed by atoms with Crippen molar-refractivity contribution in [2.75, 3.05) is 30.2 Å². The number of sulfonamides is 1. The molecule has 9 heteroatoms. The van der Waals surface area contributed by atoms with E-state index in [0.717, 1.165) is 18.2 Å². The van der Waals surface area contributed by atoms with Crippen LogP contribution in [0.4, 0.5) is 5.69 Å². The third kappa shape index (κ3) is 8.65. The van der Waals surface area contributed by atoms with E-state index in [2.05, 4.69) is 5.32 Å². The van der Waals surface area contributed by atoms with Gasteiger partial charge in [0.2, 0.25) is 21.8 Å². The highest BCUT2D eigenvalue weighted by atomic mass is 35.5. The van der Waals surface area contributed by atoms with Gasteiger partial charge in [0.1, 0.15) is 6.04 Å². The number of hydrogen-bond donors (Lipinski definition) is 1. The zero-order chi connectivity index (χ0) is 25.1. The van der Waals surface area contributed by atoms with Crippen molar-refractivity contribution in [1.29, 1.82) is 0 Å². The van der Waals surface area contributed by atoms with Gasteiger partial charge >= 0.3 is 0 Å². The molecule has 0 aliphatic rings. The maximum atomic E-state index is 13.2. The second kappa shape index (κ2) is 13.3. The zero-order valence-corrected chi connectivity index (χ0v) is 21.6. The molecule has 0 aliphatic heterocycles. The van der Waals surface area contributed by atoms with Crippen molar-refractivity contribution in [1.82, 2.24) is 10.2 Å². The van der Waals surface area contributed by atoms with Gasteiger partial charge in [-0.05, 0) is 49.9 Å². The summed E-state index contributed by atoms with van der Waals surface area (Å²) >= 11 is 6.03. The van der Waals surface area contributed by atoms with Gasteiger partial charge < -0.3 is 10.2 Å². The van der Waals surface area contributed by atoms with Gasteiger partial charge in [-0.15, -0.1) is 0 Å². The summed E-state index contributed by atoms with van der Waals surface area (Å²) in [6.07, 6.45) is 2.98. The first-order valence-electron chi connectivity index (χ1n) is 11.5. The first kappa shape index (κ1) is 27.7. The summed E-state index contributed by atoms with van der Waals surface area (Å²) in [5, 5.41) is 3.29. The predicted octanol–water partition coefficient (Wildman–Crippen LogP) is 3.87. The van der Waals surface area contributed by atoms with Crippen LogP contribution < -0.4 is 9.62 Å². The Labute approximate surface area is 208 Å². The van der Waals surface area contributed by atoms with Crippen LogP contribution in [-0.4, -0.2) is 57.1 Å². The highest BCUT2D eigenvalue weighted by Crippen LogP contribution is 2.22. The molecule has 2 rings (SSSR count). The Hall–Kier alpha value is -2.58. The molecular formula is C25H34ClN3O4S. The lowest BCUT2D eigenvalue weighted by Gasteiger charge is -2.29. The molecule has 0 saturated heterocycles. The Bertz CT molecular complexity index is 1050. The van der Waals surface area contributed by atoms with Gasteiger partial charge in [0.15, 0.2) is 0 Å². The molecule has 0 aromatic heterocycles. The summed E-state index contributed by atoms with van der Waals surface area (Å²) in [4.78, 5) is 27.3. The van der Waals surface area contributed by atoms with E-state index in [0.29, 0.717) is 36.6 Å². The lowest BCUT2D eigenvalue weighted by molar-refractivity contribution is -0.139. The van der Waals surface area contributed by atoms with Crippen LogP contribution >= 0.6 is 11.6 Å². The van der Waals surface area contributed by atoms with Crippen LogP contribution in [0.25, 0.3) is 0 Å². The minimum Gasteiger partial charge on any atom is -0.354 e. The molecule has 0 saturated carbocycles. The Morgan fingerprint density at radius 3 is 2.38 bits per heavy atom. The number of hydrogen-bond acceptors (Lipinski definition) is 4. The third-order valence-electron chi connectivity index (χ3n) is 5.45. The standard InChI is InChI=1S/C25H34ClN3O4S/c1-4-16-27-25(31)20(2)28(18-15-21-10-6-5-7-11-21)24(30)14-9-17-29(34(3,32)33)23-13-8-12-22(26)19-23/h5-8,10-13,19-20H,4,9,14-18H2,1-3H3,(H,27,31)/t20-/m0/s1. The molecule has 7 nitrogen and oxygen atoms in total. The monoisotopic (exact) mass is 507 g/mol. The van der Waals surface area contributed by atoms with Crippen LogP contribution in [0.2, 0.25) is 5.02 Å². The number of amides is 2. The molecule has 0 fully saturated rings. The van der Waals surface area contributed by atoms with Crippen LogP contribution in [-0.2, 0) is 26.0 Å². The van der Waals surface area contributed by atoms with E-state index >= 15 is 0 Å². The average molecular weight is 508 g/mol. The summed E-state index contributed by atoms with van der Waals surface area (Å²) in [6, 6.07) is 15.8. The van der Waals surface area contributed by atoms with Crippen molar-refractivity contribution in [3.8, 4) is 0 Å². The summed E-state index contributed by atoms with van der Waals surface area (Å²) in [5.41, 5.74) is 1.53. The average Bonchev–Trinajstić information content (AvgIpc) is 2.80. The van der Waals surface area contributed by atoms with Crippen LogP contribution in [0.1, 0.15) is 38.7 Å². The van der Waals surface area contributed by atoms with E-state index in [1.807, 2.05) is 37.3 Å². The first-order valence-corrected chi connectivity index (χ1v) is 13.7. The van der Waals surface area contributed by atoms with Crippen molar-refractivity contribution in [2.45, 2.75) is 45.6 Å². The molecule has 1 atom stereocenters. The van der Waals surface area contributed by atoms with Crippen molar-refractivity contribution in [3.05, 3.63) is 65.2 Å². The van der Waals surface area contributed by atoms with Crippen molar-refractivity contribution in [2.24, 2.45) is 0 Å². The normalized spacial score (nSPS) is 12.1. The fourth-order valence-electron chi connectivity index (χ4n) is 3.60. The Kier molecular flexibility index (Phi) is 10.9. The van der Waals surface area contributed by atoms with E-state index in [-0.39, 0.29) is 24.8 Å². The third-order valence-corrected chi connectivity index (χ3v) is 6.88. The summed E-state index contributed by atoms with van der Waals surface area (Å²) in [5.74, 6) is -0.380. The Balaban J connectivity index is 2.09. The van der Waals surface area contributed by atoms with Crippen LogP contribution in [0.5, 0.6) is 0 Å². The molecule has 2 aromatic carbocycles. The van der Waals surface area contributed by atoms with Gasteiger partial charge in [-0.2, -0.15) is 0 Å². The van der Waals surface area contributed by atoms with Crippen LogP contribution in [0.15, 0.2) is 54.6 Å². The molecule has 34 heavy (non-hydrogen) atoms. The van der Waals surface area contributed by atoms with Gasteiger partial charge in [0.05, 0.1) is 11.9 Å². The number of halogens is 1. The second-order valence-electron chi connectivity index (χ2n) is 8.21. The van der Waals surface area contributed by atoms with Crippen molar-refractivity contribution in [3.63, 3.8) is 0 Å². The molecule has 0 radical (unpaired) electrons. The summed E-state index contributed by atoms with van der Waals surface area (Å²) in [6.45, 7) is 4.77. The molecule has 0 aliphatic carbocycles. The molecule has 2 aromatic rings. The highest BCUT2D eigenvalue weighted by molar-refractivity contribution is 7.92. The number of nitrogens with one attached hydrogen (secondary N) is 1. The van der Waals surface area contributed by atoms with Gasteiger partial charge in [-0.25, -0.2) is 8.42 Å². The Morgan fingerprint density at radius 2 is 1.76 bits per heavy atom. The number of rotatable bonds is 13. The fourth-order valence-corrected chi connectivity index (χ4v) is 4.74. The summed E-state index contributed by atoms with van der Waals surface area (Å²) in [7, 11) is -3.55. The largest absolute Gasteiger partial charge is 0.354 e.